The average molecular weight is 443 g/mol. The first-order chi connectivity index (χ1) is 16.0. The first-order valence-electron chi connectivity index (χ1n) is 10.6. The number of rotatable bonds is 4. The van der Waals surface area contributed by atoms with Gasteiger partial charge in [0.05, 0.1) is 12.0 Å². The Hall–Kier alpha value is -4.20. The molecule has 166 valence electrons. The zero-order chi connectivity index (χ0) is 22.9. The Morgan fingerprint density at radius 2 is 1.97 bits per heavy atom. The lowest BCUT2D eigenvalue weighted by atomic mass is 9.93. The van der Waals surface area contributed by atoms with E-state index in [-0.39, 0.29) is 11.5 Å². The third kappa shape index (κ3) is 3.91. The molecule has 0 aliphatic heterocycles. The molecule has 0 saturated heterocycles. The van der Waals surface area contributed by atoms with Crippen LogP contribution in [0, 0.1) is 13.8 Å². The minimum atomic E-state index is -0.600. The number of hydrazone groups is 1. The van der Waals surface area contributed by atoms with Crippen LogP contribution in [0.25, 0.3) is 10.9 Å². The quantitative estimate of drug-likeness (QED) is 0.278. The van der Waals surface area contributed by atoms with Crippen LogP contribution in [0.3, 0.4) is 0 Å². The van der Waals surface area contributed by atoms with Gasteiger partial charge in [0.15, 0.2) is 11.5 Å². The molecule has 5 rings (SSSR count). The fourth-order valence-electron chi connectivity index (χ4n) is 4.00. The highest BCUT2D eigenvalue weighted by atomic mass is 16.5. The lowest BCUT2D eigenvalue weighted by Crippen LogP contribution is -2.21. The van der Waals surface area contributed by atoms with Crippen LogP contribution in [-0.2, 0) is 6.42 Å². The number of furan rings is 2. The molecule has 0 unspecified atom stereocenters. The summed E-state index contributed by atoms with van der Waals surface area (Å²) in [5.41, 5.74) is 5.97. The van der Waals surface area contributed by atoms with Gasteiger partial charge in [-0.25, -0.2) is 15.2 Å². The molecular weight excluding hydrogens is 422 g/mol. The molecule has 0 fully saturated rings. The number of hydrogen-bond donors (Lipinski definition) is 1. The fraction of sp³-hybridized carbons (Fsp3) is 0.200. The predicted octanol–water partition coefficient (Wildman–Crippen LogP) is 4.73. The maximum Gasteiger partial charge on any atom is 0.380 e. The van der Waals surface area contributed by atoms with Crippen molar-refractivity contribution in [2.24, 2.45) is 5.10 Å². The summed E-state index contributed by atoms with van der Waals surface area (Å²) in [4.78, 5) is 29.7. The topological polar surface area (TPSA) is 107 Å². The highest BCUT2D eigenvalue weighted by molar-refractivity contribution is 6.06. The van der Waals surface area contributed by atoms with Crippen LogP contribution in [0.15, 0.2) is 62.7 Å². The van der Waals surface area contributed by atoms with Crippen molar-refractivity contribution in [1.29, 1.82) is 0 Å². The largest absolute Gasteiger partial charge is 0.459 e. The smallest absolute Gasteiger partial charge is 0.380 e. The number of aromatic nitrogens is 1. The summed E-state index contributed by atoms with van der Waals surface area (Å²) >= 11 is 0. The summed E-state index contributed by atoms with van der Waals surface area (Å²) in [5.74, 6) is 0.271. The van der Waals surface area contributed by atoms with E-state index in [1.807, 2.05) is 31.2 Å². The number of amides is 1. The van der Waals surface area contributed by atoms with Crippen molar-refractivity contribution in [3.63, 3.8) is 0 Å². The molecule has 8 heteroatoms. The summed E-state index contributed by atoms with van der Waals surface area (Å²) in [6, 6.07) is 12.5. The van der Waals surface area contributed by atoms with Crippen molar-refractivity contribution in [2.75, 3.05) is 0 Å². The number of fused-ring (bicyclic) bond motifs is 2. The molecule has 33 heavy (non-hydrogen) atoms. The lowest BCUT2D eigenvalue weighted by Gasteiger charge is -2.13. The van der Waals surface area contributed by atoms with Gasteiger partial charge in [0.1, 0.15) is 11.3 Å². The monoisotopic (exact) mass is 443 g/mol. The Balaban J connectivity index is 1.43. The standard InChI is InChI=1S/C25H21N3O5/c1-14-11-12-16-6-3-9-19(22(16)26-14)33-25(30)23-15(2)21-17(7-4-8-18(21)32-23)27-28-24(29)20-10-5-13-31-20/h3,5-6,9-13H,4,7-8H2,1-2H3,(H,28,29)/b27-17+. The highest BCUT2D eigenvalue weighted by Crippen LogP contribution is 2.31. The van der Waals surface area contributed by atoms with Crippen LogP contribution >= 0.6 is 0 Å². The predicted molar refractivity (Wildman–Crippen MR) is 121 cm³/mol. The molecule has 1 N–H and O–H groups in total. The third-order valence-corrected chi connectivity index (χ3v) is 5.57. The number of esters is 1. The average Bonchev–Trinajstić information content (AvgIpc) is 3.47. The van der Waals surface area contributed by atoms with E-state index in [0.29, 0.717) is 41.1 Å². The van der Waals surface area contributed by atoms with Gasteiger partial charge in [0, 0.05) is 28.6 Å². The van der Waals surface area contributed by atoms with Gasteiger partial charge in [-0.15, -0.1) is 0 Å². The van der Waals surface area contributed by atoms with Crippen molar-refractivity contribution in [2.45, 2.75) is 33.1 Å². The molecule has 8 nitrogen and oxygen atoms in total. The van der Waals surface area contributed by atoms with Crippen molar-refractivity contribution < 1.29 is 23.2 Å². The Kier molecular flexibility index (Phi) is 5.26. The minimum Gasteiger partial charge on any atom is -0.459 e. The molecule has 0 atom stereocenters. The summed E-state index contributed by atoms with van der Waals surface area (Å²) in [6.45, 7) is 3.67. The first-order valence-corrected chi connectivity index (χ1v) is 10.6. The molecule has 4 aromatic rings. The number of hydrogen-bond acceptors (Lipinski definition) is 7. The van der Waals surface area contributed by atoms with E-state index >= 15 is 0 Å². The van der Waals surface area contributed by atoms with Crippen molar-refractivity contribution in [3.05, 3.63) is 82.8 Å². The Morgan fingerprint density at radius 1 is 1.09 bits per heavy atom. The van der Waals surface area contributed by atoms with Crippen LogP contribution in [0.5, 0.6) is 5.75 Å². The molecule has 1 aliphatic rings. The zero-order valence-corrected chi connectivity index (χ0v) is 18.2. The molecule has 3 heterocycles. The van der Waals surface area contributed by atoms with Crippen molar-refractivity contribution in [3.8, 4) is 5.75 Å². The van der Waals surface area contributed by atoms with Gasteiger partial charge in [-0.2, -0.15) is 5.10 Å². The second kappa shape index (κ2) is 8.38. The van der Waals surface area contributed by atoms with Crippen LogP contribution in [0.2, 0.25) is 0 Å². The van der Waals surface area contributed by atoms with Gasteiger partial charge >= 0.3 is 11.9 Å². The van der Waals surface area contributed by atoms with Gasteiger partial charge < -0.3 is 13.6 Å². The Bertz CT molecular complexity index is 1400. The molecule has 3 aromatic heterocycles. The van der Waals surface area contributed by atoms with Gasteiger partial charge in [0.2, 0.25) is 5.76 Å². The second-order valence-corrected chi connectivity index (χ2v) is 7.85. The Morgan fingerprint density at radius 3 is 2.79 bits per heavy atom. The summed E-state index contributed by atoms with van der Waals surface area (Å²) < 4.78 is 16.7. The van der Waals surface area contributed by atoms with Crippen LogP contribution < -0.4 is 10.2 Å². The van der Waals surface area contributed by atoms with Gasteiger partial charge in [-0.3, -0.25) is 4.79 Å². The Labute approximate surface area is 189 Å². The van der Waals surface area contributed by atoms with Crippen LogP contribution in [-0.4, -0.2) is 22.6 Å². The van der Waals surface area contributed by atoms with Crippen molar-refractivity contribution >= 4 is 28.5 Å². The minimum absolute atomic E-state index is 0.122. The number of nitrogens with one attached hydrogen (secondary N) is 1. The van der Waals surface area contributed by atoms with E-state index in [4.69, 9.17) is 13.6 Å². The van der Waals surface area contributed by atoms with Crippen LogP contribution in [0.1, 0.15) is 56.5 Å². The van der Waals surface area contributed by atoms with Gasteiger partial charge in [-0.1, -0.05) is 18.2 Å². The second-order valence-electron chi connectivity index (χ2n) is 7.85. The highest BCUT2D eigenvalue weighted by Gasteiger charge is 2.29. The van der Waals surface area contributed by atoms with E-state index in [2.05, 4.69) is 15.5 Å². The van der Waals surface area contributed by atoms with E-state index < -0.39 is 11.9 Å². The molecule has 1 aromatic carbocycles. The first kappa shape index (κ1) is 20.7. The van der Waals surface area contributed by atoms with E-state index in [1.54, 1.807) is 25.1 Å². The molecule has 0 saturated carbocycles. The lowest BCUT2D eigenvalue weighted by molar-refractivity contribution is 0.0700. The molecule has 1 aliphatic carbocycles. The number of carbonyl (C=O) groups excluding carboxylic acids is 2. The number of ether oxygens (including phenoxy) is 1. The summed E-state index contributed by atoms with van der Waals surface area (Å²) in [5, 5.41) is 5.16. The number of para-hydroxylation sites is 1. The fourth-order valence-corrected chi connectivity index (χ4v) is 4.00. The van der Waals surface area contributed by atoms with Crippen molar-refractivity contribution in [1.82, 2.24) is 10.4 Å². The maximum atomic E-state index is 13.0. The molecule has 1 amide bonds. The van der Waals surface area contributed by atoms with E-state index in [9.17, 15) is 9.59 Å². The third-order valence-electron chi connectivity index (χ3n) is 5.57. The molecule has 0 bridgehead atoms. The summed E-state index contributed by atoms with van der Waals surface area (Å²) in [7, 11) is 0. The number of benzene rings is 1. The van der Waals surface area contributed by atoms with E-state index in [0.717, 1.165) is 23.1 Å². The number of aryl methyl sites for hydroxylation is 2. The number of nitrogens with zero attached hydrogens (tertiary/aromatic N) is 2. The molecule has 0 spiro atoms. The van der Waals surface area contributed by atoms with Gasteiger partial charge in [-0.05, 0) is 51.0 Å². The maximum absolute atomic E-state index is 13.0. The number of pyridine rings is 1. The van der Waals surface area contributed by atoms with E-state index in [1.165, 1.54) is 6.26 Å². The SMILES string of the molecule is Cc1ccc2cccc(OC(=O)c3oc4c(c3C)/C(=N/NC(=O)c3ccco3)CCC4)c2n1. The molecular formula is C25H21N3O5. The number of carbonyl (C=O) groups is 2. The zero-order valence-electron chi connectivity index (χ0n) is 18.2. The van der Waals surface area contributed by atoms with Gasteiger partial charge in [0.25, 0.3) is 0 Å². The normalized spacial score (nSPS) is 14.3. The van der Waals surface area contributed by atoms with Crippen LogP contribution in [0.4, 0.5) is 0 Å². The molecule has 0 radical (unpaired) electrons. The summed E-state index contributed by atoms with van der Waals surface area (Å²) in [6.07, 6.45) is 3.53.